The molecule has 0 atom stereocenters. The number of nitrogens with zero attached hydrogens (tertiary/aromatic N) is 3. The molecule has 94 valence electrons. The molecule has 0 fully saturated rings. The number of hydrogen-bond acceptors (Lipinski definition) is 8. The highest BCUT2D eigenvalue weighted by atomic mass is 32.1. The van der Waals surface area contributed by atoms with Crippen molar-refractivity contribution in [2.75, 3.05) is 12.8 Å². The van der Waals surface area contributed by atoms with Gasteiger partial charge >= 0.3 is 5.97 Å². The number of hydrogen-bond donors (Lipinski definition) is 1. The van der Waals surface area contributed by atoms with Gasteiger partial charge in [0, 0.05) is 6.20 Å². The number of carbonyl (C=O) groups excluding carboxylic acids is 1. The lowest BCUT2D eigenvalue weighted by atomic mass is 10.2. The van der Waals surface area contributed by atoms with E-state index in [9.17, 15) is 4.79 Å². The van der Waals surface area contributed by atoms with Crippen LogP contribution in [0.3, 0.4) is 0 Å². The number of pyridine rings is 1. The predicted molar refractivity (Wildman–Crippen MR) is 64.2 cm³/mol. The van der Waals surface area contributed by atoms with E-state index >= 15 is 0 Å². The molecule has 0 aliphatic heterocycles. The molecule has 0 aliphatic rings. The minimum Gasteiger partial charge on any atom is -0.465 e. The van der Waals surface area contributed by atoms with Crippen LogP contribution in [-0.4, -0.2) is 28.3 Å². The van der Waals surface area contributed by atoms with Crippen LogP contribution in [0.25, 0.3) is 0 Å². The van der Waals surface area contributed by atoms with Gasteiger partial charge in [-0.25, -0.2) is 4.79 Å². The summed E-state index contributed by atoms with van der Waals surface area (Å²) in [5.74, 6) is -0.424. The molecule has 0 saturated heterocycles. The van der Waals surface area contributed by atoms with Gasteiger partial charge in [-0.15, -0.1) is 5.10 Å². The summed E-state index contributed by atoms with van der Waals surface area (Å²) in [7, 11) is 1.32. The zero-order valence-electron chi connectivity index (χ0n) is 9.49. The molecule has 8 heteroatoms. The molecule has 0 unspecified atom stereocenters. The van der Waals surface area contributed by atoms with Crippen molar-refractivity contribution in [3.05, 3.63) is 29.6 Å². The highest BCUT2D eigenvalue weighted by molar-refractivity contribution is 7.16. The zero-order valence-corrected chi connectivity index (χ0v) is 10.3. The number of aromatic nitrogens is 3. The maximum absolute atomic E-state index is 11.2. The third-order valence-electron chi connectivity index (χ3n) is 2.01. The largest absolute Gasteiger partial charge is 0.465 e. The normalized spacial score (nSPS) is 10.1. The second-order valence-corrected chi connectivity index (χ2v) is 4.20. The van der Waals surface area contributed by atoms with Crippen molar-refractivity contribution < 1.29 is 14.3 Å². The maximum Gasteiger partial charge on any atom is 0.339 e. The molecule has 0 saturated carbocycles. The number of anilines is 1. The molecule has 7 nitrogen and oxygen atoms in total. The van der Waals surface area contributed by atoms with Crippen LogP contribution in [0.15, 0.2) is 18.3 Å². The summed E-state index contributed by atoms with van der Waals surface area (Å²) in [5.41, 5.74) is 6.47. The van der Waals surface area contributed by atoms with E-state index < -0.39 is 5.97 Å². The predicted octanol–water partition coefficient (Wildman–Crippen LogP) is 0.881. The minimum absolute atomic E-state index is 0.232. The highest BCUT2D eigenvalue weighted by Crippen LogP contribution is 2.19. The molecular weight excluding hydrogens is 256 g/mol. The molecule has 2 rings (SSSR count). The Labute approximate surface area is 107 Å². The first-order valence-corrected chi connectivity index (χ1v) is 5.75. The summed E-state index contributed by atoms with van der Waals surface area (Å²) >= 11 is 1.15. The Hall–Kier alpha value is -2.22. The molecule has 2 aromatic rings. The number of carbonyl (C=O) groups is 1. The molecule has 0 aromatic carbocycles. The second-order valence-electron chi connectivity index (χ2n) is 3.22. The smallest absolute Gasteiger partial charge is 0.339 e. The van der Waals surface area contributed by atoms with E-state index in [-0.39, 0.29) is 6.61 Å². The molecule has 0 spiro atoms. The number of ether oxygens (including phenoxy) is 2. The molecule has 2 aromatic heterocycles. The molecule has 0 radical (unpaired) electrons. The fraction of sp³-hybridized carbons (Fsp3) is 0.200. The van der Waals surface area contributed by atoms with Crippen molar-refractivity contribution in [2.45, 2.75) is 6.61 Å². The average Bonchev–Trinajstić information content (AvgIpc) is 2.82. The topological polar surface area (TPSA) is 100 Å². The molecule has 18 heavy (non-hydrogen) atoms. The van der Waals surface area contributed by atoms with Gasteiger partial charge in [0.2, 0.25) is 5.13 Å². The van der Waals surface area contributed by atoms with Crippen LogP contribution in [0.5, 0.6) is 5.19 Å². The van der Waals surface area contributed by atoms with Gasteiger partial charge in [-0.05, 0) is 23.5 Å². The van der Waals surface area contributed by atoms with Crippen molar-refractivity contribution >= 4 is 22.4 Å². The minimum atomic E-state index is -0.424. The van der Waals surface area contributed by atoms with Gasteiger partial charge in [0.1, 0.15) is 6.61 Å². The van der Waals surface area contributed by atoms with Crippen molar-refractivity contribution in [3.63, 3.8) is 0 Å². The molecule has 0 aliphatic carbocycles. The first kappa shape index (κ1) is 12.2. The Balaban J connectivity index is 1.96. The van der Waals surface area contributed by atoms with Crippen LogP contribution in [0.2, 0.25) is 0 Å². The van der Waals surface area contributed by atoms with Crippen molar-refractivity contribution in [1.82, 2.24) is 15.2 Å². The highest BCUT2D eigenvalue weighted by Gasteiger charge is 2.06. The maximum atomic E-state index is 11.2. The summed E-state index contributed by atoms with van der Waals surface area (Å²) in [5, 5.41) is 8.05. The van der Waals surface area contributed by atoms with E-state index in [1.807, 2.05) is 0 Å². The first-order valence-electron chi connectivity index (χ1n) is 4.94. The number of rotatable bonds is 4. The number of esters is 1. The second kappa shape index (κ2) is 5.41. The van der Waals surface area contributed by atoms with Crippen molar-refractivity contribution in [1.29, 1.82) is 0 Å². The van der Waals surface area contributed by atoms with Crippen LogP contribution in [0, 0.1) is 0 Å². The van der Waals surface area contributed by atoms with Gasteiger partial charge in [0.05, 0.1) is 18.4 Å². The Kier molecular flexibility index (Phi) is 3.68. The van der Waals surface area contributed by atoms with Gasteiger partial charge in [0.15, 0.2) is 0 Å². The van der Waals surface area contributed by atoms with Gasteiger partial charge in [-0.3, -0.25) is 4.98 Å². The van der Waals surface area contributed by atoms with E-state index in [0.29, 0.717) is 21.6 Å². The SMILES string of the molecule is COC(=O)c1ccc(COc2nnc(N)s2)nc1. The van der Waals surface area contributed by atoms with Crippen LogP contribution < -0.4 is 10.5 Å². The Morgan fingerprint density at radius 2 is 2.28 bits per heavy atom. The van der Waals surface area contributed by atoms with Crippen molar-refractivity contribution in [3.8, 4) is 5.19 Å². The monoisotopic (exact) mass is 266 g/mol. The van der Waals surface area contributed by atoms with Crippen LogP contribution >= 0.6 is 11.3 Å². The standard InChI is InChI=1S/C10H10N4O3S/c1-16-8(15)6-2-3-7(12-4-6)5-17-10-14-13-9(11)18-10/h2-4H,5H2,1H3,(H2,11,13). The van der Waals surface area contributed by atoms with Gasteiger partial charge in [-0.1, -0.05) is 5.10 Å². The number of nitrogens with two attached hydrogens (primary N) is 1. The summed E-state index contributed by atoms with van der Waals surface area (Å²) < 4.78 is 9.89. The summed E-state index contributed by atoms with van der Waals surface area (Å²) in [6.07, 6.45) is 1.43. The van der Waals surface area contributed by atoms with E-state index in [1.54, 1.807) is 12.1 Å². The fourth-order valence-corrected chi connectivity index (χ4v) is 1.62. The fourth-order valence-electron chi connectivity index (χ4n) is 1.16. The molecule has 0 bridgehead atoms. The Morgan fingerprint density at radius 1 is 1.44 bits per heavy atom. The molecule has 0 amide bonds. The van der Waals surface area contributed by atoms with E-state index in [4.69, 9.17) is 10.5 Å². The molecule has 2 heterocycles. The lowest BCUT2D eigenvalue weighted by molar-refractivity contribution is 0.0600. The van der Waals surface area contributed by atoms with Gasteiger partial charge < -0.3 is 15.2 Å². The number of methoxy groups -OCH3 is 1. The summed E-state index contributed by atoms with van der Waals surface area (Å²) in [4.78, 5) is 15.3. The third-order valence-corrected chi connectivity index (χ3v) is 2.68. The lowest BCUT2D eigenvalue weighted by Gasteiger charge is -2.02. The van der Waals surface area contributed by atoms with E-state index in [2.05, 4.69) is 19.9 Å². The summed E-state index contributed by atoms with van der Waals surface area (Å²) in [6.45, 7) is 0.232. The zero-order chi connectivity index (χ0) is 13.0. The van der Waals surface area contributed by atoms with E-state index in [1.165, 1.54) is 13.3 Å². The molecular formula is C10H10N4O3S. The Morgan fingerprint density at radius 3 is 2.83 bits per heavy atom. The van der Waals surface area contributed by atoms with Gasteiger partial charge in [-0.2, -0.15) is 0 Å². The lowest BCUT2D eigenvalue weighted by Crippen LogP contribution is -2.04. The first-order chi connectivity index (χ1) is 8.69. The number of nitrogen functional groups attached to an aromatic ring is 1. The average molecular weight is 266 g/mol. The van der Waals surface area contributed by atoms with E-state index in [0.717, 1.165) is 11.3 Å². The van der Waals surface area contributed by atoms with Crippen molar-refractivity contribution in [2.24, 2.45) is 0 Å². The van der Waals surface area contributed by atoms with Crippen LogP contribution in [-0.2, 0) is 11.3 Å². The quantitative estimate of drug-likeness (QED) is 0.820. The molecule has 2 N–H and O–H groups in total. The van der Waals surface area contributed by atoms with Gasteiger partial charge in [0.25, 0.3) is 5.19 Å². The third kappa shape index (κ3) is 2.92. The summed E-state index contributed by atoms with van der Waals surface area (Å²) in [6, 6.07) is 3.29. The Bertz CT molecular complexity index is 540. The van der Waals surface area contributed by atoms with Crippen LogP contribution in [0.4, 0.5) is 5.13 Å². The van der Waals surface area contributed by atoms with Crippen LogP contribution in [0.1, 0.15) is 16.1 Å².